The van der Waals surface area contributed by atoms with Gasteiger partial charge in [0.05, 0.1) is 19.8 Å². The van der Waals surface area contributed by atoms with E-state index < -0.39 is 92.7 Å². The zero-order valence-corrected chi connectivity index (χ0v) is 43.1. The van der Waals surface area contributed by atoms with Gasteiger partial charge in [-0.3, -0.25) is 9.59 Å². The minimum Gasteiger partial charge on any atom is -0.462 e. The summed E-state index contributed by atoms with van der Waals surface area (Å²) in [4.78, 5) is 25.8. The molecule has 7 N–H and O–H groups in total. The largest absolute Gasteiger partial charge is 0.462 e. The van der Waals surface area contributed by atoms with Crippen molar-refractivity contribution in [2.75, 3.05) is 26.4 Å². The standard InChI is InChI=1S/C54H100O15/c1-3-5-7-9-11-13-15-17-19-20-21-22-23-25-26-28-30-32-34-36-45(56)64-39-42(67-46(57)37-35-33-31-29-27-24-18-16-14-12-10-8-6-4-2)40-65-53-52(63)50(61)48(59)44(69-53)41-66-54-51(62)49(60)47(58)43(38-55)68-54/h16,18,42-44,47-55,58-63H,3-15,17,19-41H2,1-2H3/b18-16-. The van der Waals surface area contributed by atoms with Crippen molar-refractivity contribution in [1.82, 2.24) is 0 Å². The Bertz CT molecular complexity index is 1250. The van der Waals surface area contributed by atoms with Crippen LogP contribution in [0.1, 0.15) is 226 Å². The molecule has 11 atom stereocenters. The van der Waals surface area contributed by atoms with Crippen molar-refractivity contribution in [2.45, 2.75) is 293 Å². The summed E-state index contributed by atoms with van der Waals surface area (Å²) in [6, 6.07) is 0. The lowest BCUT2D eigenvalue weighted by Gasteiger charge is -2.42. The van der Waals surface area contributed by atoms with E-state index in [1.807, 2.05) is 0 Å². The molecule has 0 spiro atoms. The van der Waals surface area contributed by atoms with Crippen molar-refractivity contribution in [3.63, 3.8) is 0 Å². The van der Waals surface area contributed by atoms with Crippen molar-refractivity contribution in [1.29, 1.82) is 0 Å². The van der Waals surface area contributed by atoms with Crippen LogP contribution in [0, 0.1) is 0 Å². The number of hydrogen-bond acceptors (Lipinski definition) is 15. The van der Waals surface area contributed by atoms with Gasteiger partial charge in [0, 0.05) is 12.8 Å². The van der Waals surface area contributed by atoms with Crippen LogP contribution in [-0.2, 0) is 38.0 Å². The number of rotatable bonds is 44. The van der Waals surface area contributed by atoms with E-state index in [2.05, 4.69) is 26.0 Å². The van der Waals surface area contributed by atoms with Crippen molar-refractivity contribution < 1.29 is 73.8 Å². The van der Waals surface area contributed by atoms with Gasteiger partial charge < -0.3 is 64.2 Å². The highest BCUT2D eigenvalue weighted by atomic mass is 16.7. The monoisotopic (exact) mass is 989 g/mol. The average Bonchev–Trinajstić information content (AvgIpc) is 3.34. The molecule has 0 aromatic carbocycles. The molecule has 0 bridgehead atoms. The minimum absolute atomic E-state index is 0.159. The van der Waals surface area contributed by atoms with Crippen LogP contribution in [0.2, 0.25) is 0 Å². The van der Waals surface area contributed by atoms with E-state index in [9.17, 15) is 45.3 Å². The zero-order valence-electron chi connectivity index (χ0n) is 43.1. The first-order valence-corrected chi connectivity index (χ1v) is 27.8. The highest BCUT2D eigenvalue weighted by molar-refractivity contribution is 5.70. The quantitative estimate of drug-likeness (QED) is 0.0172. The van der Waals surface area contributed by atoms with Crippen LogP contribution in [0.4, 0.5) is 0 Å². The summed E-state index contributed by atoms with van der Waals surface area (Å²) in [5, 5.41) is 72.1. The molecule has 69 heavy (non-hydrogen) atoms. The topological polar surface area (TPSA) is 231 Å². The van der Waals surface area contributed by atoms with Crippen LogP contribution in [0.3, 0.4) is 0 Å². The Morgan fingerprint density at radius 2 is 0.826 bits per heavy atom. The second-order valence-electron chi connectivity index (χ2n) is 19.8. The Hall–Kier alpha value is -1.76. The summed E-state index contributed by atoms with van der Waals surface area (Å²) in [6.45, 7) is 2.61. The van der Waals surface area contributed by atoms with Crippen LogP contribution in [-0.4, -0.2) is 142 Å². The van der Waals surface area contributed by atoms with Gasteiger partial charge in [-0.1, -0.05) is 187 Å². The molecule has 15 heteroatoms. The van der Waals surface area contributed by atoms with Crippen LogP contribution in [0.25, 0.3) is 0 Å². The molecule has 15 nitrogen and oxygen atoms in total. The maximum atomic E-state index is 13.0. The fraction of sp³-hybridized carbons (Fsp3) is 0.926. The van der Waals surface area contributed by atoms with Crippen molar-refractivity contribution in [2.24, 2.45) is 0 Å². The van der Waals surface area contributed by atoms with Crippen LogP contribution in [0.5, 0.6) is 0 Å². The van der Waals surface area contributed by atoms with Crippen molar-refractivity contribution >= 4 is 11.9 Å². The van der Waals surface area contributed by atoms with Gasteiger partial charge in [-0.15, -0.1) is 0 Å². The summed E-state index contributed by atoms with van der Waals surface area (Å²) in [5.41, 5.74) is 0. The Morgan fingerprint density at radius 1 is 0.449 bits per heavy atom. The third-order valence-corrected chi connectivity index (χ3v) is 13.5. The number of aliphatic hydroxyl groups excluding tert-OH is 7. The molecule has 0 radical (unpaired) electrons. The Kier molecular flexibility index (Phi) is 38.3. The smallest absolute Gasteiger partial charge is 0.306 e. The molecular formula is C54H100O15. The van der Waals surface area contributed by atoms with Gasteiger partial charge in [0.2, 0.25) is 0 Å². The SMILES string of the molecule is CCCCCCC/C=C\CCCCCCCC(=O)OC(COC(=O)CCCCCCCCCCCCCCCCCCCCC)COC1OC(COC2OC(CO)C(O)C(O)C2O)C(O)C(O)C1O. The number of carbonyl (C=O) groups excluding carboxylic acids is 2. The molecule has 0 aliphatic carbocycles. The summed E-state index contributed by atoms with van der Waals surface area (Å²) in [6.07, 6.45) is 25.2. The number of unbranched alkanes of at least 4 members (excludes halogenated alkanes) is 28. The minimum atomic E-state index is -1.76. The molecule has 0 aromatic heterocycles. The van der Waals surface area contributed by atoms with Crippen molar-refractivity contribution in [3.8, 4) is 0 Å². The maximum Gasteiger partial charge on any atom is 0.306 e. The molecule has 2 aliphatic rings. The molecule has 2 saturated heterocycles. The lowest BCUT2D eigenvalue weighted by atomic mass is 9.98. The number of aliphatic hydroxyl groups is 7. The van der Waals surface area contributed by atoms with Crippen LogP contribution < -0.4 is 0 Å². The first kappa shape index (κ1) is 63.4. The van der Waals surface area contributed by atoms with E-state index >= 15 is 0 Å². The summed E-state index contributed by atoms with van der Waals surface area (Å²) in [5.74, 6) is -0.922. The first-order chi connectivity index (χ1) is 33.5. The number of allylic oxidation sites excluding steroid dienone is 2. The van der Waals surface area contributed by atoms with E-state index in [0.29, 0.717) is 12.8 Å². The fourth-order valence-corrected chi connectivity index (χ4v) is 8.92. The van der Waals surface area contributed by atoms with E-state index in [1.165, 1.54) is 128 Å². The first-order valence-electron chi connectivity index (χ1n) is 27.8. The number of esters is 2. The molecule has 2 rings (SSSR count). The predicted octanol–water partition coefficient (Wildman–Crippen LogP) is 8.55. The third-order valence-electron chi connectivity index (χ3n) is 13.5. The third kappa shape index (κ3) is 29.5. The molecule has 406 valence electrons. The summed E-state index contributed by atoms with van der Waals surface area (Å²) < 4.78 is 33.6. The number of carbonyl (C=O) groups is 2. The number of ether oxygens (including phenoxy) is 6. The van der Waals surface area contributed by atoms with E-state index in [0.717, 1.165) is 57.8 Å². The second kappa shape index (κ2) is 41.7. The van der Waals surface area contributed by atoms with Crippen LogP contribution >= 0.6 is 0 Å². The summed E-state index contributed by atoms with van der Waals surface area (Å²) in [7, 11) is 0. The Labute approximate surface area is 416 Å². The molecule has 2 heterocycles. The lowest BCUT2D eigenvalue weighted by Crippen LogP contribution is -2.61. The van der Waals surface area contributed by atoms with E-state index in [1.54, 1.807) is 0 Å². The van der Waals surface area contributed by atoms with E-state index in [-0.39, 0.29) is 26.1 Å². The van der Waals surface area contributed by atoms with Crippen molar-refractivity contribution in [3.05, 3.63) is 12.2 Å². The van der Waals surface area contributed by atoms with Crippen LogP contribution in [0.15, 0.2) is 12.2 Å². The predicted molar refractivity (Wildman–Crippen MR) is 266 cm³/mol. The molecule has 0 aromatic rings. The van der Waals surface area contributed by atoms with Gasteiger partial charge >= 0.3 is 11.9 Å². The maximum absolute atomic E-state index is 13.0. The van der Waals surface area contributed by atoms with Gasteiger partial charge in [-0.25, -0.2) is 0 Å². The zero-order chi connectivity index (χ0) is 50.3. The van der Waals surface area contributed by atoms with Gasteiger partial charge in [0.15, 0.2) is 18.7 Å². The second-order valence-corrected chi connectivity index (χ2v) is 19.8. The molecule has 11 unspecified atom stereocenters. The average molecular weight is 989 g/mol. The van der Waals surface area contributed by atoms with Gasteiger partial charge in [-0.2, -0.15) is 0 Å². The molecule has 0 amide bonds. The van der Waals surface area contributed by atoms with Gasteiger partial charge in [0.1, 0.15) is 55.4 Å². The molecule has 2 aliphatic heterocycles. The Balaban J connectivity index is 1.76. The Morgan fingerprint density at radius 3 is 1.28 bits per heavy atom. The highest BCUT2D eigenvalue weighted by Gasteiger charge is 2.47. The fourth-order valence-electron chi connectivity index (χ4n) is 8.92. The molecule has 0 saturated carbocycles. The lowest BCUT2D eigenvalue weighted by molar-refractivity contribution is -0.332. The van der Waals surface area contributed by atoms with E-state index in [4.69, 9.17) is 28.4 Å². The molecular weight excluding hydrogens is 889 g/mol. The van der Waals surface area contributed by atoms with Gasteiger partial charge in [-0.05, 0) is 38.5 Å². The molecule has 2 fully saturated rings. The normalized spacial score (nSPS) is 25.6. The highest BCUT2D eigenvalue weighted by Crippen LogP contribution is 2.27. The summed E-state index contributed by atoms with van der Waals surface area (Å²) >= 11 is 0. The van der Waals surface area contributed by atoms with Gasteiger partial charge in [0.25, 0.3) is 0 Å². The number of hydrogen-bond donors (Lipinski definition) is 7.